The van der Waals surface area contributed by atoms with Gasteiger partial charge in [0.2, 0.25) is 5.85 Å². The van der Waals surface area contributed by atoms with E-state index in [0.717, 1.165) is 6.92 Å². The molecule has 1 atom stereocenters. The van der Waals surface area contributed by atoms with E-state index in [1.807, 2.05) is 0 Å². The molecule has 6 heteroatoms. The second-order valence-electron chi connectivity index (χ2n) is 3.56. The maximum atomic E-state index is 12.3. The summed E-state index contributed by atoms with van der Waals surface area (Å²) in [6.45, 7) is 5.83. The first-order chi connectivity index (χ1) is 7.04. The fourth-order valence-electron chi connectivity index (χ4n) is 0.345. The van der Waals surface area contributed by atoms with E-state index in [0.29, 0.717) is 0 Å². The van der Waals surface area contributed by atoms with Gasteiger partial charge in [-0.15, -0.1) is 6.58 Å². The standard InChI is InChI=1S/C6H11FO.C4H6F4/c1-4-5-8-6(2,3)7;1-3(2-5)4(6,7)8/h4H,1,5H2,2-3H3;3H,2H2,1H3. The van der Waals surface area contributed by atoms with Crippen LogP contribution in [0.3, 0.4) is 0 Å². The molecular weight excluding hydrogens is 231 g/mol. The van der Waals surface area contributed by atoms with Gasteiger partial charge in [-0.2, -0.15) is 13.2 Å². The molecule has 1 nitrogen and oxygen atoms in total. The van der Waals surface area contributed by atoms with Crippen LogP contribution in [0.2, 0.25) is 0 Å². The number of alkyl halides is 5. The Balaban J connectivity index is 0. The third-order valence-corrected chi connectivity index (χ3v) is 1.33. The Morgan fingerprint density at radius 3 is 1.75 bits per heavy atom. The number of ether oxygens (including phenoxy) is 1. The van der Waals surface area contributed by atoms with Gasteiger partial charge in [0.05, 0.1) is 12.5 Å². The second kappa shape index (κ2) is 7.60. The molecule has 0 radical (unpaired) electrons. The smallest absolute Gasteiger partial charge is 0.342 e. The quantitative estimate of drug-likeness (QED) is 0.538. The second-order valence-corrected chi connectivity index (χ2v) is 3.56. The van der Waals surface area contributed by atoms with Crippen molar-refractivity contribution in [2.75, 3.05) is 13.3 Å². The third-order valence-electron chi connectivity index (χ3n) is 1.33. The van der Waals surface area contributed by atoms with Gasteiger partial charge in [0, 0.05) is 0 Å². The number of halogens is 5. The van der Waals surface area contributed by atoms with Gasteiger partial charge in [-0.1, -0.05) is 13.0 Å². The van der Waals surface area contributed by atoms with Gasteiger partial charge in [0.15, 0.2) is 0 Å². The van der Waals surface area contributed by atoms with Crippen molar-refractivity contribution < 1.29 is 26.7 Å². The van der Waals surface area contributed by atoms with E-state index in [1.165, 1.54) is 19.9 Å². The molecule has 0 aromatic rings. The Morgan fingerprint density at radius 1 is 1.25 bits per heavy atom. The molecule has 0 heterocycles. The molecule has 0 saturated carbocycles. The predicted molar refractivity (Wildman–Crippen MR) is 52.5 cm³/mol. The minimum Gasteiger partial charge on any atom is -0.342 e. The minimum atomic E-state index is -4.37. The van der Waals surface area contributed by atoms with Crippen LogP contribution >= 0.6 is 0 Å². The van der Waals surface area contributed by atoms with E-state index >= 15 is 0 Å². The highest BCUT2D eigenvalue weighted by Gasteiger charge is 2.35. The van der Waals surface area contributed by atoms with Crippen molar-refractivity contribution in [2.24, 2.45) is 5.92 Å². The monoisotopic (exact) mass is 248 g/mol. The van der Waals surface area contributed by atoms with Crippen LogP contribution in [0.15, 0.2) is 12.7 Å². The van der Waals surface area contributed by atoms with Crippen molar-refractivity contribution in [3.05, 3.63) is 12.7 Å². The molecule has 16 heavy (non-hydrogen) atoms. The van der Waals surface area contributed by atoms with Crippen molar-refractivity contribution in [2.45, 2.75) is 32.8 Å². The predicted octanol–water partition coefficient (Wildman–Crippen LogP) is 4.05. The van der Waals surface area contributed by atoms with Gasteiger partial charge in [0.25, 0.3) is 0 Å². The van der Waals surface area contributed by atoms with Gasteiger partial charge in [-0.3, -0.25) is 4.39 Å². The molecule has 0 aliphatic carbocycles. The zero-order chi connectivity index (χ0) is 13.4. The molecule has 0 aliphatic heterocycles. The third kappa shape index (κ3) is 13.4. The van der Waals surface area contributed by atoms with E-state index in [2.05, 4.69) is 11.3 Å². The molecule has 0 aliphatic rings. The van der Waals surface area contributed by atoms with Gasteiger partial charge in [-0.05, 0) is 13.8 Å². The minimum absolute atomic E-state index is 0.267. The average molecular weight is 248 g/mol. The maximum absolute atomic E-state index is 12.3. The fraction of sp³-hybridized carbons (Fsp3) is 0.800. The highest BCUT2D eigenvalue weighted by Crippen LogP contribution is 2.25. The van der Waals surface area contributed by atoms with E-state index in [-0.39, 0.29) is 6.61 Å². The first kappa shape index (κ1) is 17.7. The molecular formula is C10H17F5O. The van der Waals surface area contributed by atoms with E-state index in [9.17, 15) is 22.0 Å². The molecule has 98 valence electrons. The summed E-state index contributed by atoms with van der Waals surface area (Å²) in [7, 11) is 0. The highest BCUT2D eigenvalue weighted by atomic mass is 19.4. The fourth-order valence-corrected chi connectivity index (χ4v) is 0.345. The Labute approximate surface area is 92.3 Å². The summed E-state index contributed by atoms with van der Waals surface area (Å²) < 4.78 is 61.7. The van der Waals surface area contributed by atoms with Crippen molar-refractivity contribution in [3.63, 3.8) is 0 Å². The molecule has 0 bridgehead atoms. The molecule has 0 spiro atoms. The summed E-state index contributed by atoms with van der Waals surface area (Å²) in [5.74, 6) is -3.34. The van der Waals surface area contributed by atoms with Crippen LogP contribution in [-0.2, 0) is 4.74 Å². The normalized spacial score (nSPS) is 13.8. The Hall–Kier alpha value is -0.650. The van der Waals surface area contributed by atoms with E-state index < -0.39 is 24.6 Å². The lowest BCUT2D eigenvalue weighted by atomic mass is 10.2. The van der Waals surface area contributed by atoms with Crippen molar-refractivity contribution in [1.29, 1.82) is 0 Å². The lowest BCUT2D eigenvalue weighted by Gasteiger charge is -2.12. The zero-order valence-electron chi connectivity index (χ0n) is 9.57. The van der Waals surface area contributed by atoms with Crippen LogP contribution in [0.4, 0.5) is 22.0 Å². The van der Waals surface area contributed by atoms with Crippen LogP contribution in [-0.4, -0.2) is 25.3 Å². The van der Waals surface area contributed by atoms with Crippen molar-refractivity contribution >= 4 is 0 Å². The first-order valence-electron chi connectivity index (χ1n) is 4.61. The first-order valence-corrected chi connectivity index (χ1v) is 4.61. The maximum Gasteiger partial charge on any atom is 0.394 e. The molecule has 1 unspecified atom stereocenters. The van der Waals surface area contributed by atoms with Crippen LogP contribution in [0.1, 0.15) is 20.8 Å². The summed E-state index contributed by atoms with van der Waals surface area (Å²) in [6, 6.07) is 0. The molecule has 0 fully saturated rings. The SMILES string of the molecule is C=CCOC(C)(C)F.CC(CF)C(F)(F)F. The molecule has 0 saturated heterocycles. The van der Waals surface area contributed by atoms with Gasteiger partial charge < -0.3 is 4.74 Å². The van der Waals surface area contributed by atoms with Gasteiger partial charge in [-0.25, -0.2) is 4.39 Å². The van der Waals surface area contributed by atoms with E-state index in [4.69, 9.17) is 0 Å². The molecule has 0 amide bonds. The van der Waals surface area contributed by atoms with Gasteiger partial charge in [0.1, 0.15) is 6.67 Å². The number of hydrogen-bond donors (Lipinski definition) is 0. The van der Waals surface area contributed by atoms with Crippen LogP contribution in [0.25, 0.3) is 0 Å². The Morgan fingerprint density at radius 2 is 1.69 bits per heavy atom. The summed E-state index contributed by atoms with van der Waals surface area (Å²) >= 11 is 0. The lowest BCUT2D eigenvalue weighted by Crippen LogP contribution is -2.21. The van der Waals surface area contributed by atoms with Crippen LogP contribution in [0.5, 0.6) is 0 Å². The van der Waals surface area contributed by atoms with Crippen LogP contribution in [0, 0.1) is 5.92 Å². The summed E-state index contributed by atoms with van der Waals surface area (Å²) in [4.78, 5) is 0. The van der Waals surface area contributed by atoms with Crippen molar-refractivity contribution in [1.82, 2.24) is 0 Å². The van der Waals surface area contributed by atoms with Gasteiger partial charge >= 0.3 is 6.18 Å². The number of hydrogen-bond acceptors (Lipinski definition) is 1. The molecule has 0 aromatic heterocycles. The summed E-state index contributed by atoms with van der Waals surface area (Å²) in [5.41, 5.74) is 0. The summed E-state index contributed by atoms with van der Waals surface area (Å²) in [6.07, 6.45) is -2.85. The Kier molecular flexibility index (Phi) is 8.42. The average Bonchev–Trinajstić information content (AvgIpc) is 2.11. The number of rotatable bonds is 4. The summed E-state index contributed by atoms with van der Waals surface area (Å²) in [5, 5.41) is 0. The van der Waals surface area contributed by atoms with Crippen molar-refractivity contribution in [3.8, 4) is 0 Å². The Bertz CT molecular complexity index is 183. The zero-order valence-corrected chi connectivity index (χ0v) is 9.57. The molecule has 0 aromatic carbocycles. The molecule has 0 N–H and O–H groups in total. The largest absolute Gasteiger partial charge is 0.394 e. The van der Waals surface area contributed by atoms with Crippen LogP contribution < -0.4 is 0 Å². The lowest BCUT2D eigenvalue weighted by molar-refractivity contribution is -0.172. The molecule has 0 rings (SSSR count). The van der Waals surface area contributed by atoms with E-state index in [1.54, 1.807) is 0 Å². The highest BCUT2D eigenvalue weighted by molar-refractivity contribution is 4.65. The topological polar surface area (TPSA) is 9.23 Å².